The van der Waals surface area contributed by atoms with Crippen molar-refractivity contribution in [2.75, 3.05) is 0 Å². The zero-order valence-electron chi connectivity index (χ0n) is 18.0. The van der Waals surface area contributed by atoms with Gasteiger partial charge in [-0.3, -0.25) is 0 Å². The van der Waals surface area contributed by atoms with Crippen molar-refractivity contribution in [1.29, 1.82) is 0 Å². The number of hydrogen-bond donors (Lipinski definition) is 0. The van der Waals surface area contributed by atoms with E-state index in [9.17, 15) is 0 Å². The summed E-state index contributed by atoms with van der Waals surface area (Å²) >= 11 is 0. The van der Waals surface area contributed by atoms with Crippen molar-refractivity contribution in [3.8, 4) is 0 Å². The fourth-order valence-electron chi connectivity index (χ4n) is 3.53. The minimum Gasteiger partial charge on any atom is -0.0613 e. The van der Waals surface area contributed by atoms with E-state index in [1.807, 2.05) is 0 Å². The van der Waals surface area contributed by atoms with Crippen LogP contribution in [0.25, 0.3) is 11.1 Å². The highest BCUT2D eigenvalue weighted by Crippen LogP contribution is 2.33. The van der Waals surface area contributed by atoms with Crippen molar-refractivity contribution in [1.82, 2.24) is 0 Å². The number of rotatable bonds is 4. The topological polar surface area (TPSA) is 0 Å². The Hall–Kier alpha value is -1.82. The summed E-state index contributed by atoms with van der Waals surface area (Å²) in [6, 6.07) is 18.4. The molecule has 0 aliphatic rings. The van der Waals surface area contributed by atoms with Gasteiger partial charge in [0.25, 0.3) is 0 Å². The molecule has 26 heavy (non-hydrogen) atoms. The summed E-state index contributed by atoms with van der Waals surface area (Å²) in [5, 5.41) is 0. The summed E-state index contributed by atoms with van der Waals surface area (Å²) in [6.07, 6.45) is 2.11. The van der Waals surface area contributed by atoms with Crippen LogP contribution in [0.3, 0.4) is 0 Å². The van der Waals surface area contributed by atoms with Gasteiger partial charge < -0.3 is 0 Å². The largest absolute Gasteiger partial charge is 0.0613 e. The Morgan fingerprint density at radius 2 is 0.808 bits per heavy atom. The lowest BCUT2D eigenvalue weighted by Crippen LogP contribution is -2.11. The molecule has 0 fully saturated rings. The van der Waals surface area contributed by atoms with Crippen molar-refractivity contribution in [3.63, 3.8) is 0 Å². The normalized spacial score (nSPS) is 13.5. The quantitative estimate of drug-likeness (QED) is 0.491. The third-order valence-electron chi connectivity index (χ3n) is 5.27. The average molecular weight is 349 g/mol. The summed E-state index contributed by atoms with van der Waals surface area (Å²) in [4.78, 5) is 0. The Morgan fingerprint density at radius 3 is 1.00 bits per heavy atom. The second-order valence-corrected chi connectivity index (χ2v) is 9.32. The summed E-state index contributed by atoms with van der Waals surface area (Å²) in [6.45, 7) is 18.2. The van der Waals surface area contributed by atoms with Gasteiger partial charge in [0.2, 0.25) is 0 Å². The molecule has 0 saturated heterocycles. The van der Waals surface area contributed by atoms with Crippen molar-refractivity contribution in [2.24, 2.45) is 0 Å². The van der Waals surface area contributed by atoms with Gasteiger partial charge in [0.15, 0.2) is 0 Å². The number of allylic oxidation sites excluding steroid dienone is 2. The summed E-state index contributed by atoms with van der Waals surface area (Å²) in [5.74, 6) is 0. The van der Waals surface area contributed by atoms with Gasteiger partial charge >= 0.3 is 0 Å². The van der Waals surface area contributed by atoms with Gasteiger partial charge in [-0.25, -0.2) is 0 Å². The van der Waals surface area contributed by atoms with E-state index >= 15 is 0 Å². The van der Waals surface area contributed by atoms with Crippen LogP contribution in [0.2, 0.25) is 0 Å². The van der Waals surface area contributed by atoms with Crippen LogP contribution in [0, 0.1) is 0 Å². The van der Waals surface area contributed by atoms with Crippen molar-refractivity contribution in [2.45, 2.75) is 79.1 Å². The average Bonchev–Trinajstić information content (AvgIpc) is 2.58. The molecule has 0 bridgehead atoms. The van der Waals surface area contributed by atoms with Gasteiger partial charge in [-0.15, -0.1) is 0 Å². The molecule has 2 aromatic carbocycles. The molecule has 0 N–H and O–H groups in total. The molecule has 0 heteroatoms. The maximum atomic E-state index is 2.30. The monoisotopic (exact) mass is 348 g/mol. The molecule has 140 valence electrons. The molecular formula is C26H36. The van der Waals surface area contributed by atoms with Crippen LogP contribution >= 0.6 is 0 Å². The molecule has 0 unspecified atom stereocenters. The Morgan fingerprint density at radius 1 is 0.538 bits per heavy atom. The molecular weight excluding hydrogens is 312 g/mol. The van der Waals surface area contributed by atoms with Crippen LogP contribution in [-0.4, -0.2) is 0 Å². The van der Waals surface area contributed by atoms with E-state index in [0.717, 1.165) is 12.8 Å². The predicted molar refractivity (Wildman–Crippen MR) is 118 cm³/mol. The van der Waals surface area contributed by atoms with E-state index in [4.69, 9.17) is 0 Å². The summed E-state index contributed by atoms with van der Waals surface area (Å²) in [7, 11) is 0. The van der Waals surface area contributed by atoms with Crippen LogP contribution in [-0.2, 0) is 10.8 Å². The molecule has 0 radical (unpaired) electrons. The molecule has 0 heterocycles. The molecule has 0 nitrogen and oxygen atoms in total. The lowest BCUT2D eigenvalue weighted by atomic mass is 9.84. The second kappa shape index (κ2) is 7.82. The highest BCUT2D eigenvalue weighted by Gasteiger charge is 2.16. The minimum absolute atomic E-state index is 0.199. The van der Waals surface area contributed by atoms with Crippen LogP contribution < -0.4 is 0 Å². The molecule has 0 spiro atoms. The summed E-state index contributed by atoms with van der Waals surface area (Å²) in [5.41, 5.74) is 8.84. The molecule has 0 saturated carbocycles. The minimum atomic E-state index is 0.199. The van der Waals surface area contributed by atoms with Crippen molar-refractivity contribution < 1.29 is 0 Å². The van der Waals surface area contributed by atoms with Crippen LogP contribution in [0.5, 0.6) is 0 Å². The molecule has 0 atom stereocenters. The van der Waals surface area contributed by atoms with Crippen molar-refractivity contribution in [3.05, 3.63) is 70.8 Å². The first-order valence-electron chi connectivity index (χ1n) is 10.0. The van der Waals surface area contributed by atoms with Gasteiger partial charge in [-0.1, -0.05) is 104 Å². The number of benzene rings is 2. The first-order valence-corrected chi connectivity index (χ1v) is 10.0. The second-order valence-electron chi connectivity index (χ2n) is 9.32. The molecule has 2 rings (SSSR count). The van der Waals surface area contributed by atoms with Crippen LogP contribution in [0.1, 0.15) is 90.5 Å². The fourth-order valence-corrected chi connectivity index (χ4v) is 3.53. The molecule has 0 aliphatic carbocycles. The third-order valence-corrected chi connectivity index (χ3v) is 5.27. The summed E-state index contributed by atoms with van der Waals surface area (Å²) < 4.78 is 0. The Kier molecular flexibility index (Phi) is 6.17. The molecule has 0 amide bonds. The van der Waals surface area contributed by atoms with Gasteiger partial charge in [0.05, 0.1) is 0 Å². The SMILES string of the molecule is CC/C(=C(/CC)c1ccc(C(C)(C)C)cc1)c1ccc(C(C)(C)C)cc1. The van der Waals surface area contributed by atoms with E-state index in [1.54, 1.807) is 0 Å². The first-order chi connectivity index (χ1) is 12.1. The zero-order valence-corrected chi connectivity index (χ0v) is 18.0. The molecule has 2 aromatic rings. The zero-order chi connectivity index (χ0) is 19.5. The molecule has 0 aromatic heterocycles. The Labute approximate surface area is 161 Å². The third kappa shape index (κ3) is 4.67. The predicted octanol–water partition coefficient (Wildman–Crippen LogP) is 8.01. The standard InChI is InChI=1S/C26H36/c1-9-23(19-11-15-21(16-12-19)25(3,4)5)24(10-2)20-13-17-22(18-14-20)26(6,7)8/h11-18H,9-10H2,1-8H3/b24-23+. The smallest absolute Gasteiger partial charge is 0.0132 e. The number of hydrogen-bond acceptors (Lipinski definition) is 0. The van der Waals surface area contributed by atoms with E-state index in [-0.39, 0.29) is 10.8 Å². The fraction of sp³-hybridized carbons (Fsp3) is 0.462. The van der Waals surface area contributed by atoms with Gasteiger partial charge in [-0.2, -0.15) is 0 Å². The van der Waals surface area contributed by atoms with E-state index in [1.165, 1.54) is 33.4 Å². The maximum absolute atomic E-state index is 2.30. The van der Waals surface area contributed by atoms with Crippen LogP contribution in [0.4, 0.5) is 0 Å². The Balaban J connectivity index is 2.47. The van der Waals surface area contributed by atoms with Gasteiger partial charge in [0.1, 0.15) is 0 Å². The highest BCUT2D eigenvalue weighted by molar-refractivity contribution is 5.90. The van der Waals surface area contributed by atoms with E-state index in [0.29, 0.717) is 0 Å². The lowest BCUT2D eigenvalue weighted by Gasteiger charge is -2.21. The van der Waals surface area contributed by atoms with Crippen molar-refractivity contribution >= 4 is 11.1 Å². The lowest BCUT2D eigenvalue weighted by molar-refractivity contribution is 0.590. The van der Waals surface area contributed by atoms with Crippen LogP contribution in [0.15, 0.2) is 48.5 Å². The van der Waals surface area contributed by atoms with E-state index < -0.39 is 0 Å². The Bertz CT molecular complexity index is 674. The maximum Gasteiger partial charge on any atom is -0.0132 e. The molecule has 0 aliphatic heterocycles. The van der Waals surface area contributed by atoms with Gasteiger partial charge in [0, 0.05) is 0 Å². The van der Waals surface area contributed by atoms with Gasteiger partial charge in [-0.05, 0) is 57.1 Å². The van der Waals surface area contributed by atoms with E-state index in [2.05, 4.69) is 104 Å². The highest BCUT2D eigenvalue weighted by atomic mass is 14.2. The first kappa shape index (κ1) is 20.5.